The number of nitrogens with zero attached hydrogens (tertiary/aromatic N) is 3. The van der Waals surface area contributed by atoms with Crippen LogP contribution in [0.3, 0.4) is 0 Å². The minimum Gasteiger partial charge on any atom is -0.306 e. The van der Waals surface area contributed by atoms with Gasteiger partial charge in [0.05, 0.1) is 11.0 Å². The number of hydrogen-bond acceptors (Lipinski definition) is 3. The molecule has 3 nitrogen and oxygen atoms in total. The third kappa shape index (κ3) is 3.28. The maximum atomic E-state index is 4.64. The molecule has 0 fully saturated rings. The van der Waals surface area contributed by atoms with Crippen molar-refractivity contribution in [3.63, 3.8) is 0 Å². The van der Waals surface area contributed by atoms with Crippen LogP contribution >= 0.6 is 11.3 Å². The molecule has 8 rings (SSSR count). The topological polar surface area (TPSA) is 30.7 Å². The van der Waals surface area contributed by atoms with Crippen molar-refractivity contribution in [2.45, 2.75) is 0 Å². The van der Waals surface area contributed by atoms with Gasteiger partial charge in [0.15, 0.2) is 0 Å². The highest BCUT2D eigenvalue weighted by Gasteiger charge is 2.14. The van der Waals surface area contributed by atoms with Gasteiger partial charge in [0, 0.05) is 38.3 Å². The zero-order chi connectivity index (χ0) is 25.1. The van der Waals surface area contributed by atoms with Gasteiger partial charge in [-0.2, -0.15) is 0 Å². The van der Waals surface area contributed by atoms with E-state index in [1.165, 1.54) is 42.4 Å². The molecule has 0 aliphatic carbocycles. The van der Waals surface area contributed by atoms with Crippen LogP contribution in [0, 0.1) is 0 Å². The fourth-order valence-corrected chi connectivity index (χ4v) is 6.62. The Labute approximate surface area is 223 Å². The van der Waals surface area contributed by atoms with Crippen molar-refractivity contribution in [2.24, 2.45) is 0 Å². The lowest BCUT2D eigenvalue weighted by Crippen LogP contribution is -1.94. The summed E-state index contributed by atoms with van der Waals surface area (Å²) in [4.78, 5) is 9.27. The fraction of sp³-hybridized carbons (Fsp3) is 0. The van der Waals surface area contributed by atoms with Crippen LogP contribution in [0.5, 0.6) is 0 Å². The molecule has 0 bridgehead atoms. The van der Waals surface area contributed by atoms with Crippen molar-refractivity contribution in [3.8, 4) is 27.9 Å². The van der Waals surface area contributed by atoms with Crippen LogP contribution in [0.25, 0.3) is 70.2 Å². The van der Waals surface area contributed by atoms with Crippen LogP contribution in [0.1, 0.15) is 0 Å². The highest BCUT2D eigenvalue weighted by atomic mass is 32.1. The van der Waals surface area contributed by atoms with Gasteiger partial charge < -0.3 is 4.57 Å². The minimum absolute atomic E-state index is 0.923. The summed E-state index contributed by atoms with van der Waals surface area (Å²) >= 11 is 1.86. The van der Waals surface area contributed by atoms with E-state index in [0.29, 0.717) is 0 Å². The molecule has 0 atom stereocenters. The second kappa shape index (κ2) is 8.37. The number of fused-ring (bicyclic) bond motifs is 6. The molecule has 0 spiro atoms. The Morgan fingerprint density at radius 3 is 1.87 bits per heavy atom. The summed E-state index contributed by atoms with van der Waals surface area (Å²) in [5.74, 6) is 0. The normalized spacial score (nSPS) is 11.7. The number of pyridine rings is 2. The first-order valence-electron chi connectivity index (χ1n) is 12.7. The number of benzene rings is 4. The Morgan fingerprint density at radius 2 is 1.11 bits per heavy atom. The largest absolute Gasteiger partial charge is 0.306 e. The van der Waals surface area contributed by atoms with Crippen molar-refractivity contribution in [2.75, 3.05) is 0 Å². The van der Waals surface area contributed by atoms with E-state index in [9.17, 15) is 0 Å². The first kappa shape index (κ1) is 21.3. The summed E-state index contributed by atoms with van der Waals surface area (Å²) in [6.07, 6.45) is 3.66. The molecular weight excluding hydrogens is 482 g/mol. The van der Waals surface area contributed by atoms with Crippen molar-refractivity contribution >= 4 is 53.6 Å². The number of hydrogen-bond donors (Lipinski definition) is 0. The Kier molecular flexibility index (Phi) is 4.69. The summed E-state index contributed by atoms with van der Waals surface area (Å²) in [5.41, 5.74) is 9.88. The number of aromatic nitrogens is 3. The van der Waals surface area contributed by atoms with E-state index >= 15 is 0 Å². The zero-order valence-electron chi connectivity index (χ0n) is 20.4. The molecule has 38 heavy (non-hydrogen) atoms. The fourth-order valence-electron chi connectivity index (χ4n) is 5.54. The lowest BCUT2D eigenvalue weighted by molar-refractivity contribution is 1.17. The summed E-state index contributed by atoms with van der Waals surface area (Å²) in [6.45, 7) is 0. The predicted octanol–water partition coefficient (Wildman–Crippen LogP) is 9.28. The molecule has 0 radical (unpaired) electrons. The summed E-state index contributed by atoms with van der Waals surface area (Å²) < 4.78 is 4.92. The average Bonchev–Trinajstić information content (AvgIpc) is 3.53. The highest BCUT2D eigenvalue weighted by molar-refractivity contribution is 7.25. The Morgan fingerprint density at radius 1 is 0.474 bits per heavy atom. The van der Waals surface area contributed by atoms with Crippen LogP contribution < -0.4 is 0 Å². The third-order valence-corrected chi connectivity index (χ3v) is 8.44. The predicted molar refractivity (Wildman–Crippen MR) is 160 cm³/mol. The van der Waals surface area contributed by atoms with Gasteiger partial charge >= 0.3 is 0 Å². The smallest absolute Gasteiger partial charge is 0.115 e. The molecule has 0 saturated heterocycles. The van der Waals surface area contributed by atoms with E-state index < -0.39 is 0 Å². The van der Waals surface area contributed by atoms with E-state index in [1.807, 2.05) is 35.9 Å². The zero-order valence-corrected chi connectivity index (χ0v) is 21.2. The van der Waals surface area contributed by atoms with Crippen molar-refractivity contribution < 1.29 is 0 Å². The first-order valence-corrected chi connectivity index (χ1v) is 13.5. The summed E-state index contributed by atoms with van der Waals surface area (Å²) in [5, 5.41) is 2.65. The second-order valence-corrected chi connectivity index (χ2v) is 10.6. The second-order valence-electron chi connectivity index (χ2n) is 9.52. The molecule has 0 amide bonds. The first-order chi connectivity index (χ1) is 18.8. The maximum Gasteiger partial charge on any atom is 0.115 e. The van der Waals surface area contributed by atoms with Gasteiger partial charge in [0.2, 0.25) is 0 Å². The van der Waals surface area contributed by atoms with Gasteiger partial charge in [0.25, 0.3) is 0 Å². The maximum absolute atomic E-state index is 4.64. The SMILES string of the molecule is c1cc(-c2cccc(-n3c4cccnc4c4ncccc43)c2)cc(-c2ccc3sc4ccccc4c3c2)c1. The standard InChI is InChI=1S/C34H21N3S/c1-2-14-31-27(11-1)28-21-25(15-16-32(28)38-31)23-8-3-7-22(19-23)24-9-4-10-26(20-24)37-29-12-5-17-35-33(29)34-30(37)13-6-18-36-34/h1-21H. The molecule has 4 aromatic heterocycles. The molecular formula is C34H21N3S. The van der Waals surface area contributed by atoms with Crippen LogP contribution in [0.15, 0.2) is 128 Å². The average molecular weight is 504 g/mol. The third-order valence-electron chi connectivity index (χ3n) is 7.29. The quantitative estimate of drug-likeness (QED) is 0.240. The Balaban J connectivity index is 1.25. The highest BCUT2D eigenvalue weighted by Crippen LogP contribution is 2.37. The molecule has 4 heteroatoms. The lowest BCUT2D eigenvalue weighted by atomic mass is 9.97. The van der Waals surface area contributed by atoms with Gasteiger partial charge in [-0.1, -0.05) is 54.6 Å². The van der Waals surface area contributed by atoms with E-state index in [1.54, 1.807) is 0 Å². The van der Waals surface area contributed by atoms with E-state index in [4.69, 9.17) is 0 Å². The van der Waals surface area contributed by atoms with Gasteiger partial charge in [-0.05, 0) is 82.9 Å². The number of rotatable bonds is 3. The van der Waals surface area contributed by atoms with E-state index in [-0.39, 0.29) is 0 Å². The van der Waals surface area contributed by atoms with E-state index in [0.717, 1.165) is 27.8 Å². The van der Waals surface area contributed by atoms with E-state index in [2.05, 4.69) is 118 Å². The van der Waals surface area contributed by atoms with Crippen molar-refractivity contribution in [1.82, 2.24) is 14.5 Å². The van der Waals surface area contributed by atoms with Crippen molar-refractivity contribution in [3.05, 3.63) is 128 Å². The van der Waals surface area contributed by atoms with Crippen LogP contribution in [-0.2, 0) is 0 Å². The molecule has 8 aromatic rings. The molecule has 178 valence electrons. The monoisotopic (exact) mass is 503 g/mol. The van der Waals surface area contributed by atoms with Crippen molar-refractivity contribution in [1.29, 1.82) is 0 Å². The van der Waals surface area contributed by atoms with Gasteiger partial charge in [-0.25, -0.2) is 0 Å². The van der Waals surface area contributed by atoms with Gasteiger partial charge in [0.1, 0.15) is 11.0 Å². The lowest BCUT2D eigenvalue weighted by Gasteiger charge is -2.11. The van der Waals surface area contributed by atoms with Gasteiger partial charge in [-0.3, -0.25) is 9.97 Å². The summed E-state index contributed by atoms with van der Waals surface area (Å²) in [6, 6.07) is 41.3. The Bertz CT molecular complexity index is 2100. The molecule has 0 aliphatic rings. The van der Waals surface area contributed by atoms with Gasteiger partial charge in [-0.15, -0.1) is 11.3 Å². The molecule has 4 aromatic carbocycles. The van der Waals surface area contributed by atoms with Crippen LogP contribution in [0.2, 0.25) is 0 Å². The molecule has 0 aliphatic heterocycles. The number of thiophene rings is 1. The van der Waals surface area contributed by atoms with Crippen LogP contribution in [-0.4, -0.2) is 14.5 Å². The molecule has 0 saturated carbocycles. The molecule has 4 heterocycles. The Hall–Kier alpha value is -4.80. The van der Waals surface area contributed by atoms with Crippen LogP contribution in [0.4, 0.5) is 0 Å². The minimum atomic E-state index is 0.923. The summed E-state index contributed by atoms with van der Waals surface area (Å²) in [7, 11) is 0. The molecule has 0 N–H and O–H groups in total. The molecule has 0 unspecified atom stereocenters.